The number of esters is 3. The molecule has 0 spiro atoms. The smallest absolute Gasteiger partial charge is 0.309 e. The minimum Gasteiger partial charge on any atom is -0.762 e. The van der Waals surface area contributed by atoms with E-state index < -0.39 is 110 Å². The van der Waals surface area contributed by atoms with Crippen LogP contribution in [0.2, 0.25) is 0 Å². The van der Waals surface area contributed by atoms with Crippen LogP contribution in [0.5, 0.6) is 0 Å². The summed E-state index contributed by atoms with van der Waals surface area (Å²) in [7, 11) is 0. The maximum absolute atomic E-state index is 11.9. The van der Waals surface area contributed by atoms with Crippen molar-refractivity contribution in [3.05, 3.63) is 15.6 Å². The van der Waals surface area contributed by atoms with Gasteiger partial charge in [-0.3, -0.25) is 30.1 Å². The minimum absolute atomic E-state index is 0.519. The van der Waals surface area contributed by atoms with Crippen LogP contribution >= 0.6 is 0 Å². The van der Waals surface area contributed by atoms with E-state index in [1.807, 2.05) is 0 Å². The van der Waals surface area contributed by atoms with E-state index in [9.17, 15) is 40.2 Å². The molecule has 1 saturated heterocycles. The fraction of sp³-hybridized carbons (Fsp3) is 0.800. The Hall–Kier alpha value is -2.07. The molecular weight excluding hydrogens is 462 g/mol. The monoisotopic (exact) mass is 486 g/mol. The van der Waals surface area contributed by atoms with Gasteiger partial charge in [0, 0.05) is 19.6 Å². The topological polar surface area (TPSA) is 268 Å². The van der Waals surface area contributed by atoms with Crippen LogP contribution in [0, 0.1) is 15.6 Å². The summed E-state index contributed by atoms with van der Waals surface area (Å²) in [6, 6.07) is 0. The first-order valence-corrected chi connectivity index (χ1v) is 9.37. The van der Waals surface area contributed by atoms with Crippen molar-refractivity contribution in [2.75, 3.05) is 26.2 Å². The summed E-state index contributed by atoms with van der Waals surface area (Å²) in [5, 5.41) is 75.9. The Morgan fingerprint density at radius 1 is 0.758 bits per heavy atom. The standard InChI is InChI=1S/C15H24N3O15/c19-9(1-4-16(24)25)30-7-8-14(32-10(20)2-5-17(26)27)12(22)13(23)15(31-8)33-11(21)3-6-18(28)29/h8,12-15,22-24,26,28H,1-7H2/q-3/t8-,12-,13-,14-,15+/m1/s1. The second-order valence-corrected chi connectivity index (χ2v) is 6.63. The summed E-state index contributed by atoms with van der Waals surface area (Å²) in [5.74, 6) is -3.24. The molecule has 0 saturated carbocycles. The Balaban J connectivity index is 2.86. The van der Waals surface area contributed by atoms with E-state index >= 15 is 0 Å². The molecule has 1 aliphatic heterocycles. The summed E-state index contributed by atoms with van der Waals surface area (Å²) < 4.78 is 19.8. The minimum atomic E-state index is -1.98. The molecule has 33 heavy (non-hydrogen) atoms. The Bertz CT molecular complexity index is 634. The third-order valence-corrected chi connectivity index (χ3v) is 4.09. The molecule has 5 atom stereocenters. The molecular formula is C15H24N3O15-3. The van der Waals surface area contributed by atoms with Gasteiger partial charge in [0.2, 0.25) is 6.29 Å². The third kappa shape index (κ3) is 11.1. The lowest BCUT2D eigenvalue weighted by Gasteiger charge is -2.41. The van der Waals surface area contributed by atoms with Crippen molar-refractivity contribution in [3.8, 4) is 0 Å². The van der Waals surface area contributed by atoms with Crippen molar-refractivity contribution < 1.29 is 59.2 Å². The summed E-state index contributed by atoms with van der Waals surface area (Å²) in [4.78, 5) is 35.3. The predicted molar refractivity (Wildman–Crippen MR) is 97.0 cm³/mol. The van der Waals surface area contributed by atoms with Gasteiger partial charge in [-0.05, 0) is 0 Å². The van der Waals surface area contributed by atoms with Gasteiger partial charge in [-0.2, -0.15) is 0 Å². The van der Waals surface area contributed by atoms with E-state index in [1.165, 1.54) is 0 Å². The Kier molecular flexibility index (Phi) is 12.5. The molecule has 0 aromatic heterocycles. The Morgan fingerprint density at radius 3 is 1.70 bits per heavy atom. The number of aliphatic hydroxyl groups is 2. The Labute approximate surface area is 185 Å². The van der Waals surface area contributed by atoms with E-state index in [-0.39, 0.29) is 0 Å². The number of rotatable bonds is 13. The van der Waals surface area contributed by atoms with Crippen LogP contribution in [0.1, 0.15) is 19.3 Å². The van der Waals surface area contributed by atoms with Crippen molar-refractivity contribution in [1.29, 1.82) is 0 Å². The largest absolute Gasteiger partial charge is 0.762 e. The van der Waals surface area contributed by atoms with Crippen molar-refractivity contribution in [1.82, 2.24) is 15.7 Å². The fourth-order valence-electron chi connectivity index (χ4n) is 2.49. The van der Waals surface area contributed by atoms with Gasteiger partial charge >= 0.3 is 17.9 Å². The van der Waals surface area contributed by atoms with Gasteiger partial charge in [-0.25, -0.2) is 0 Å². The fourth-order valence-corrected chi connectivity index (χ4v) is 2.49. The molecule has 1 fully saturated rings. The highest BCUT2D eigenvalue weighted by Gasteiger charge is 2.48. The van der Waals surface area contributed by atoms with E-state index in [2.05, 4.69) is 0 Å². The highest BCUT2D eigenvalue weighted by molar-refractivity contribution is 5.70. The van der Waals surface area contributed by atoms with Crippen molar-refractivity contribution in [3.63, 3.8) is 0 Å². The zero-order valence-electron chi connectivity index (χ0n) is 17.0. The van der Waals surface area contributed by atoms with Gasteiger partial charge in [-0.1, -0.05) is 0 Å². The first-order chi connectivity index (χ1) is 15.4. The van der Waals surface area contributed by atoms with Crippen LogP contribution in [-0.4, -0.2) is 116 Å². The molecule has 18 heteroatoms. The molecule has 1 heterocycles. The maximum Gasteiger partial charge on any atom is 0.309 e. The molecule has 1 aliphatic rings. The van der Waals surface area contributed by atoms with Crippen LogP contribution in [-0.2, 0) is 33.3 Å². The zero-order valence-corrected chi connectivity index (χ0v) is 17.0. The molecule has 0 unspecified atom stereocenters. The molecule has 0 radical (unpaired) electrons. The summed E-state index contributed by atoms with van der Waals surface area (Å²) in [5.41, 5.74) is 0. The molecule has 0 aromatic carbocycles. The number of carbonyl (C=O) groups is 3. The number of ether oxygens (including phenoxy) is 4. The number of nitrogens with zero attached hydrogens (tertiary/aromatic N) is 3. The lowest BCUT2D eigenvalue weighted by atomic mass is 9.99. The van der Waals surface area contributed by atoms with Gasteiger partial charge in [0.15, 0.2) is 6.10 Å². The predicted octanol–water partition coefficient (Wildman–Crippen LogP) is -2.83. The van der Waals surface area contributed by atoms with Crippen molar-refractivity contribution in [2.45, 2.75) is 50.0 Å². The van der Waals surface area contributed by atoms with Crippen LogP contribution in [0.3, 0.4) is 0 Å². The zero-order chi connectivity index (χ0) is 25.1. The van der Waals surface area contributed by atoms with E-state index in [0.717, 1.165) is 0 Å². The molecule has 0 aromatic rings. The van der Waals surface area contributed by atoms with Crippen LogP contribution in [0.15, 0.2) is 0 Å². The second-order valence-electron chi connectivity index (χ2n) is 6.63. The van der Waals surface area contributed by atoms with E-state index in [4.69, 9.17) is 34.6 Å². The number of aliphatic hydroxyl groups excluding tert-OH is 2. The highest BCUT2D eigenvalue weighted by atomic mass is 16.8. The van der Waals surface area contributed by atoms with Gasteiger partial charge in [0.1, 0.15) is 24.9 Å². The summed E-state index contributed by atoms with van der Waals surface area (Å²) in [6.07, 6.45) is -10.8. The van der Waals surface area contributed by atoms with Crippen LogP contribution < -0.4 is 0 Å². The quantitative estimate of drug-likeness (QED) is 0.0996. The lowest BCUT2D eigenvalue weighted by molar-refractivity contribution is -0.296. The summed E-state index contributed by atoms with van der Waals surface area (Å²) >= 11 is 0. The molecule has 1 rings (SSSR count). The lowest BCUT2D eigenvalue weighted by Crippen LogP contribution is -2.61. The third-order valence-electron chi connectivity index (χ3n) is 4.09. The SMILES string of the molecule is O=C(CCN([O-])O)OC[C@H]1O[C@@H](OC(=O)CCN([O-])O)[C@H](O)[C@@H](O)[C@@H]1OC(=O)CCN([O-])O. The van der Waals surface area contributed by atoms with Crippen LogP contribution in [0.25, 0.3) is 0 Å². The molecule has 0 bridgehead atoms. The van der Waals surface area contributed by atoms with Gasteiger partial charge in [0.25, 0.3) is 0 Å². The molecule has 5 N–H and O–H groups in total. The second kappa shape index (κ2) is 14.2. The average Bonchev–Trinajstić information content (AvgIpc) is 2.73. The number of hydroxylamine groups is 6. The normalized spacial score (nSPS) is 25.4. The van der Waals surface area contributed by atoms with Crippen molar-refractivity contribution in [2.24, 2.45) is 0 Å². The number of carbonyl (C=O) groups excluding carboxylic acids is 3. The Morgan fingerprint density at radius 2 is 1.21 bits per heavy atom. The van der Waals surface area contributed by atoms with E-state index in [1.54, 1.807) is 0 Å². The van der Waals surface area contributed by atoms with Gasteiger partial charge in [0.05, 0.1) is 19.3 Å². The first kappa shape index (κ1) is 29.0. The van der Waals surface area contributed by atoms with Gasteiger partial charge in [-0.15, -0.1) is 0 Å². The van der Waals surface area contributed by atoms with E-state index in [0.29, 0.717) is 0 Å². The maximum atomic E-state index is 11.9. The molecule has 0 aliphatic carbocycles. The molecule has 0 amide bonds. The average molecular weight is 486 g/mol. The number of hydrogen-bond acceptors (Lipinski definition) is 18. The summed E-state index contributed by atoms with van der Waals surface area (Å²) in [6.45, 7) is -2.72. The van der Waals surface area contributed by atoms with Gasteiger partial charge < -0.3 is 60.4 Å². The number of hydrogen-bond donors (Lipinski definition) is 5. The highest BCUT2D eigenvalue weighted by Crippen LogP contribution is 2.26. The molecule has 192 valence electrons. The van der Waals surface area contributed by atoms with Crippen LogP contribution in [0.4, 0.5) is 0 Å². The molecule has 18 nitrogen and oxygen atoms in total. The first-order valence-electron chi connectivity index (χ1n) is 9.37. The van der Waals surface area contributed by atoms with Crippen molar-refractivity contribution >= 4 is 17.9 Å².